The Morgan fingerprint density at radius 2 is 2.33 bits per heavy atom. The molecule has 0 saturated carbocycles. The van der Waals surface area contributed by atoms with Gasteiger partial charge in [-0.1, -0.05) is 11.3 Å². The number of nitrogens with two attached hydrogens (primary N) is 1. The quantitative estimate of drug-likeness (QED) is 0.344. The number of aromatic nitrogens is 1. The van der Waals surface area contributed by atoms with Gasteiger partial charge in [0.2, 0.25) is 0 Å². The summed E-state index contributed by atoms with van der Waals surface area (Å²) in [6.07, 6.45) is 0.709. The van der Waals surface area contributed by atoms with E-state index < -0.39 is 13.9 Å². The fourth-order valence-electron chi connectivity index (χ4n) is 2.09. The van der Waals surface area contributed by atoms with Gasteiger partial charge in [-0.05, 0) is 30.0 Å². The zero-order valence-electron chi connectivity index (χ0n) is 11.9. The lowest BCUT2D eigenvalue weighted by atomic mass is 10.1. The molecule has 0 aliphatic heterocycles. The molecular formula is C13H10N3O5PS2. The monoisotopic (exact) mass is 383 g/mol. The van der Waals surface area contributed by atoms with Gasteiger partial charge in [0.25, 0.3) is 0 Å². The van der Waals surface area contributed by atoms with Crippen LogP contribution in [-0.4, -0.2) is 21.1 Å². The third-order valence-electron chi connectivity index (χ3n) is 2.92. The topological polar surface area (TPSA) is 143 Å². The summed E-state index contributed by atoms with van der Waals surface area (Å²) in [5.41, 5.74) is 6.78. The van der Waals surface area contributed by atoms with E-state index in [-0.39, 0.29) is 10.9 Å². The van der Waals surface area contributed by atoms with Crippen LogP contribution < -0.4 is 10.5 Å². The molecule has 0 atom stereocenters. The second-order valence-electron chi connectivity index (χ2n) is 4.59. The van der Waals surface area contributed by atoms with Gasteiger partial charge in [-0.2, -0.15) is 5.26 Å². The number of hydrogen-bond donors (Lipinski definition) is 3. The molecule has 3 aromatic rings. The third-order valence-corrected chi connectivity index (χ3v) is 4.92. The van der Waals surface area contributed by atoms with Crippen LogP contribution in [0.25, 0.3) is 21.5 Å². The molecule has 0 aliphatic rings. The molecule has 2 aromatic heterocycles. The molecule has 0 amide bonds. The number of nitrogen functional groups attached to an aromatic ring is 1. The van der Waals surface area contributed by atoms with Crippen LogP contribution in [0.2, 0.25) is 0 Å². The van der Waals surface area contributed by atoms with E-state index in [2.05, 4.69) is 4.98 Å². The molecule has 0 fully saturated rings. The lowest BCUT2D eigenvalue weighted by molar-refractivity contribution is 0.302. The zero-order chi connectivity index (χ0) is 17.3. The summed E-state index contributed by atoms with van der Waals surface area (Å²) in [4.78, 5) is 22.7. The number of benzene rings is 1. The number of ether oxygens (including phenoxy) is 1. The van der Waals surface area contributed by atoms with Gasteiger partial charge in [-0.25, -0.2) is 4.98 Å². The minimum Gasteiger partial charge on any atom is -0.479 e. The van der Waals surface area contributed by atoms with Gasteiger partial charge in [-0.15, -0.1) is 0 Å². The number of furan rings is 1. The van der Waals surface area contributed by atoms with Crippen LogP contribution in [0.3, 0.4) is 0 Å². The number of nitriles is 1. The Labute approximate surface area is 144 Å². The van der Waals surface area contributed by atoms with Crippen molar-refractivity contribution in [1.29, 1.82) is 5.26 Å². The summed E-state index contributed by atoms with van der Waals surface area (Å²) in [6, 6.07) is 4.95. The smallest absolute Gasteiger partial charge is 0.362 e. The van der Waals surface area contributed by atoms with Crippen molar-refractivity contribution in [3.63, 3.8) is 0 Å². The second-order valence-corrected chi connectivity index (χ2v) is 8.03. The molecule has 3 rings (SSSR count). The highest BCUT2D eigenvalue weighted by Crippen LogP contribution is 2.46. The number of hydrogen-bond acceptors (Lipinski definition) is 8. The van der Waals surface area contributed by atoms with Gasteiger partial charge in [-0.3, -0.25) is 4.57 Å². The molecule has 0 spiro atoms. The van der Waals surface area contributed by atoms with Gasteiger partial charge >= 0.3 is 7.60 Å². The van der Waals surface area contributed by atoms with Gasteiger partial charge < -0.3 is 24.7 Å². The maximum Gasteiger partial charge on any atom is 0.362 e. The number of fused-ring (bicyclic) bond motifs is 1. The lowest BCUT2D eigenvalue weighted by Gasteiger charge is -2.11. The van der Waals surface area contributed by atoms with Gasteiger partial charge in [0.1, 0.15) is 22.4 Å². The summed E-state index contributed by atoms with van der Waals surface area (Å²) in [7, 11) is -4.36. The van der Waals surface area contributed by atoms with E-state index in [0.29, 0.717) is 26.4 Å². The van der Waals surface area contributed by atoms with Crippen molar-refractivity contribution < 1.29 is 23.5 Å². The molecule has 11 heteroatoms. The Bertz CT molecular complexity index is 974. The summed E-state index contributed by atoms with van der Waals surface area (Å²) < 4.78 is 22.3. The van der Waals surface area contributed by atoms with Crippen LogP contribution in [-0.2, 0) is 4.57 Å². The molecule has 0 radical (unpaired) electrons. The normalized spacial score (nSPS) is 11.5. The van der Waals surface area contributed by atoms with E-state index in [4.69, 9.17) is 29.9 Å². The first-order valence-electron chi connectivity index (χ1n) is 6.39. The summed E-state index contributed by atoms with van der Waals surface area (Å²) >= 11 is 2.06. The zero-order valence-corrected chi connectivity index (χ0v) is 14.4. The maximum absolute atomic E-state index is 11.1. The predicted octanol–water partition coefficient (Wildman–Crippen LogP) is 3.23. The lowest BCUT2D eigenvalue weighted by Crippen LogP contribution is -1.99. The van der Waals surface area contributed by atoms with Crippen LogP contribution in [0.1, 0.15) is 0 Å². The minimum absolute atomic E-state index is 0.148. The first-order valence-corrected chi connectivity index (χ1v) is 9.82. The Balaban J connectivity index is 2.22. The van der Waals surface area contributed by atoms with Crippen LogP contribution in [0.15, 0.2) is 33.8 Å². The number of thiazole rings is 1. The fraction of sp³-hybridized carbons (Fsp3) is 0.0769. The Hall–Kier alpha value is -2.02. The molecule has 0 aliphatic carbocycles. The van der Waals surface area contributed by atoms with E-state index in [1.807, 2.05) is 5.40 Å². The predicted molar refractivity (Wildman–Crippen MR) is 90.7 cm³/mol. The Kier molecular flexibility index (Phi) is 4.54. The molecule has 0 unspecified atom stereocenters. The van der Waals surface area contributed by atoms with Gasteiger partial charge in [0.05, 0.1) is 16.5 Å². The van der Waals surface area contributed by atoms with Crippen LogP contribution in [0.4, 0.5) is 5.13 Å². The summed E-state index contributed by atoms with van der Waals surface area (Å²) in [6.45, 7) is 0. The molecule has 0 saturated heterocycles. The van der Waals surface area contributed by atoms with Crippen LogP contribution in [0.5, 0.6) is 5.75 Å². The van der Waals surface area contributed by atoms with E-state index in [1.54, 1.807) is 12.1 Å². The Morgan fingerprint density at radius 1 is 1.54 bits per heavy atom. The van der Waals surface area contributed by atoms with Crippen LogP contribution >= 0.6 is 30.7 Å². The number of rotatable bonds is 5. The van der Waals surface area contributed by atoms with Crippen molar-refractivity contribution in [2.45, 2.75) is 4.90 Å². The first kappa shape index (κ1) is 16.8. The molecule has 8 nitrogen and oxygen atoms in total. The molecule has 124 valence electrons. The van der Waals surface area contributed by atoms with Crippen molar-refractivity contribution in [3.05, 3.63) is 24.5 Å². The molecular weight excluding hydrogens is 373 g/mol. The fourth-order valence-corrected chi connectivity index (χ4v) is 3.93. The standard InChI is InChI=1S/C13H10N3O5PS2/c14-5-23-9-4-8(21-6-22(17,18)19)11-12(24-13(15)16-11)10(9)7-2-1-3-20-7/h1-4H,6H2,(H2,15,16)(H2,17,18,19). The van der Waals surface area contributed by atoms with Crippen molar-refractivity contribution in [2.75, 3.05) is 12.1 Å². The van der Waals surface area contributed by atoms with E-state index in [9.17, 15) is 4.57 Å². The van der Waals surface area contributed by atoms with Gasteiger partial charge in [0.15, 0.2) is 11.5 Å². The molecule has 2 heterocycles. The minimum atomic E-state index is -4.36. The highest BCUT2D eigenvalue weighted by Gasteiger charge is 2.22. The average Bonchev–Trinajstić information content (AvgIpc) is 3.13. The van der Waals surface area contributed by atoms with Crippen molar-refractivity contribution in [3.8, 4) is 22.5 Å². The number of anilines is 1. The summed E-state index contributed by atoms with van der Waals surface area (Å²) in [5, 5.41) is 11.3. The number of nitrogens with zero attached hydrogens (tertiary/aromatic N) is 2. The highest BCUT2D eigenvalue weighted by molar-refractivity contribution is 8.03. The van der Waals surface area contributed by atoms with Crippen LogP contribution in [0, 0.1) is 10.7 Å². The number of thiocyanates is 1. The largest absolute Gasteiger partial charge is 0.479 e. The molecule has 24 heavy (non-hydrogen) atoms. The highest BCUT2D eigenvalue weighted by atomic mass is 32.2. The van der Waals surface area contributed by atoms with E-state index >= 15 is 0 Å². The summed E-state index contributed by atoms with van der Waals surface area (Å²) in [5.74, 6) is 0.678. The van der Waals surface area contributed by atoms with E-state index in [1.165, 1.54) is 23.7 Å². The van der Waals surface area contributed by atoms with E-state index in [0.717, 1.165) is 11.8 Å². The maximum atomic E-state index is 11.1. The molecule has 4 N–H and O–H groups in total. The average molecular weight is 383 g/mol. The van der Waals surface area contributed by atoms with Crippen molar-refractivity contribution >= 4 is 46.0 Å². The Morgan fingerprint density at radius 3 is 2.96 bits per heavy atom. The van der Waals surface area contributed by atoms with Gasteiger partial charge in [0, 0.05) is 4.90 Å². The third kappa shape index (κ3) is 3.40. The molecule has 0 bridgehead atoms. The first-order chi connectivity index (χ1) is 11.4. The van der Waals surface area contributed by atoms with Crippen molar-refractivity contribution in [1.82, 2.24) is 4.98 Å². The second kappa shape index (κ2) is 6.47. The van der Waals surface area contributed by atoms with Crippen molar-refractivity contribution in [2.24, 2.45) is 0 Å². The SMILES string of the molecule is N#CSc1cc(OCP(=O)(O)O)c2nc(N)sc2c1-c1ccco1. The number of thioether (sulfide) groups is 1. The molecule has 1 aromatic carbocycles.